The molecule has 0 spiro atoms. The molecule has 5 nitrogen and oxygen atoms in total. The van der Waals surface area contributed by atoms with Crippen LogP contribution in [-0.4, -0.2) is 11.9 Å². The van der Waals surface area contributed by atoms with Gasteiger partial charge in [-0.05, 0) is 12.1 Å². The standard InChI is InChI=1S/C12H17N3O2/c1-12(2,3)10(16)14-15-11(17)13-9-7-5-4-6-8-9/h4-8H,1-3H3,(H,14,16)(H2,13,15,17). The molecule has 1 rings (SSSR count). The van der Waals surface area contributed by atoms with Gasteiger partial charge in [-0.15, -0.1) is 0 Å². The second kappa shape index (κ2) is 5.34. The van der Waals surface area contributed by atoms with Crippen molar-refractivity contribution in [3.05, 3.63) is 30.3 Å². The van der Waals surface area contributed by atoms with Gasteiger partial charge >= 0.3 is 6.03 Å². The van der Waals surface area contributed by atoms with Crippen molar-refractivity contribution in [2.75, 3.05) is 5.32 Å². The second-order valence-electron chi connectivity index (χ2n) is 4.65. The fraction of sp³-hybridized carbons (Fsp3) is 0.333. The van der Waals surface area contributed by atoms with Crippen LogP contribution in [0.15, 0.2) is 30.3 Å². The third kappa shape index (κ3) is 4.55. The first-order valence-electron chi connectivity index (χ1n) is 5.32. The molecule has 3 amide bonds. The highest BCUT2D eigenvalue weighted by Gasteiger charge is 2.21. The van der Waals surface area contributed by atoms with Crippen LogP contribution in [0.4, 0.5) is 10.5 Å². The lowest BCUT2D eigenvalue weighted by Gasteiger charge is -2.18. The van der Waals surface area contributed by atoms with Crippen LogP contribution in [0.3, 0.4) is 0 Å². The predicted octanol–water partition coefficient (Wildman–Crippen LogP) is 1.89. The van der Waals surface area contributed by atoms with Crippen molar-refractivity contribution in [3.8, 4) is 0 Å². The van der Waals surface area contributed by atoms with Gasteiger partial charge in [0.1, 0.15) is 0 Å². The molecule has 92 valence electrons. The molecular formula is C12H17N3O2. The molecule has 17 heavy (non-hydrogen) atoms. The number of hydrogen-bond acceptors (Lipinski definition) is 2. The van der Waals surface area contributed by atoms with Gasteiger partial charge < -0.3 is 5.32 Å². The predicted molar refractivity (Wildman–Crippen MR) is 66.2 cm³/mol. The van der Waals surface area contributed by atoms with Gasteiger partial charge in [0.05, 0.1) is 0 Å². The van der Waals surface area contributed by atoms with E-state index in [1.165, 1.54) is 0 Å². The highest BCUT2D eigenvalue weighted by Crippen LogP contribution is 2.11. The van der Waals surface area contributed by atoms with E-state index in [-0.39, 0.29) is 5.91 Å². The number of nitrogens with one attached hydrogen (secondary N) is 3. The molecule has 0 fully saturated rings. The summed E-state index contributed by atoms with van der Waals surface area (Å²) in [5, 5.41) is 2.58. The first-order chi connectivity index (χ1) is 7.89. The molecule has 0 aromatic heterocycles. The Kier molecular flexibility index (Phi) is 4.09. The van der Waals surface area contributed by atoms with Gasteiger partial charge in [-0.1, -0.05) is 39.0 Å². The van der Waals surface area contributed by atoms with Crippen LogP contribution in [0.5, 0.6) is 0 Å². The summed E-state index contributed by atoms with van der Waals surface area (Å²) in [5.41, 5.74) is 4.75. The number of para-hydroxylation sites is 1. The highest BCUT2D eigenvalue weighted by atomic mass is 16.2. The van der Waals surface area contributed by atoms with Crippen LogP contribution in [-0.2, 0) is 4.79 Å². The summed E-state index contributed by atoms with van der Waals surface area (Å²) < 4.78 is 0. The highest BCUT2D eigenvalue weighted by molar-refractivity contribution is 5.91. The van der Waals surface area contributed by atoms with Gasteiger partial charge in [-0.3, -0.25) is 10.2 Å². The first kappa shape index (κ1) is 13.0. The molecule has 0 aliphatic rings. The summed E-state index contributed by atoms with van der Waals surface area (Å²) in [4.78, 5) is 22.9. The van der Waals surface area contributed by atoms with E-state index in [2.05, 4.69) is 16.2 Å². The lowest BCUT2D eigenvalue weighted by molar-refractivity contribution is -0.129. The minimum absolute atomic E-state index is 0.249. The van der Waals surface area contributed by atoms with Crippen LogP contribution < -0.4 is 16.2 Å². The summed E-state index contributed by atoms with van der Waals surface area (Å²) in [6, 6.07) is 8.50. The number of hydrazine groups is 1. The van der Waals surface area contributed by atoms with Gasteiger partial charge in [-0.25, -0.2) is 10.2 Å². The van der Waals surface area contributed by atoms with Crippen LogP contribution in [0.2, 0.25) is 0 Å². The van der Waals surface area contributed by atoms with E-state index in [1.54, 1.807) is 32.9 Å². The van der Waals surface area contributed by atoms with Crippen molar-refractivity contribution in [1.29, 1.82) is 0 Å². The second-order valence-corrected chi connectivity index (χ2v) is 4.65. The van der Waals surface area contributed by atoms with Crippen molar-refractivity contribution in [2.45, 2.75) is 20.8 Å². The Balaban J connectivity index is 2.39. The number of carbonyl (C=O) groups excluding carboxylic acids is 2. The average molecular weight is 235 g/mol. The summed E-state index contributed by atoms with van der Waals surface area (Å²) in [6.45, 7) is 5.29. The molecule has 0 atom stereocenters. The minimum Gasteiger partial charge on any atom is -0.307 e. The molecule has 0 heterocycles. The largest absolute Gasteiger partial charge is 0.337 e. The number of rotatable bonds is 1. The number of urea groups is 1. The molecule has 5 heteroatoms. The van der Waals surface area contributed by atoms with E-state index in [0.29, 0.717) is 5.69 Å². The Bertz CT molecular complexity index is 396. The summed E-state index contributed by atoms with van der Waals surface area (Å²) in [5.74, 6) is -0.249. The Hall–Kier alpha value is -2.04. The molecule has 0 bridgehead atoms. The topological polar surface area (TPSA) is 70.2 Å². The van der Waals surface area contributed by atoms with Gasteiger partial charge in [-0.2, -0.15) is 0 Å². The molecule has 0 aliphatic carbocycles. The molecule has 1 aromatic carbocycles. The molecule has 1 aromatic rings. The number of carbonyl (C=O) groups is 2. The van der Waals surface area contributed by atoms with Crippen molar-refractivity contribution < 1.29 is 9.59 Å². The SMILES string of the molecule is CC(C)(C)C(=O)NNC(=O)Nc1ccccc1. The van der Waals surface area contributed by atoms with Crippen molar-refractivity contribution in [1.82, 2.24) is 10.9 Å². The number of benzene rings is 1. The normalized spacial score (nSPS) is 10.5. The zero-order valence-corrected chi connectivity index (χ0v) is 10.2. The minimum atomic E-state index is -0.542. The van der Waals surface area contributed by atoms with Crippen LogP contribution in [0.1, 0.15) is 20.8 Å². The fourth-order valence-electron chi connectivity index (χ4n) is 0.985. The fourth-order valence-corrected chi connectivity index (χ4v) is 0.985. The van der Waals surface area contributed by atoms with Gasteiger partial charge in [0.25, 0.3) is 0 Å². The van der Waals surface area contributed by atoms with Gasteiger partial charge in [0, 0.05) is 11.1 Å². The molecule has 0 unspecified atom stereocenters. The van der Waals surface area contributed by atoms with Gasteiger partial charge in [0.2, 0.25) is 5.91 Å². The van der Waals surface area contributed by atoms with E-state index in [1.807, 2.05) is 18.2 Å². The average Bonchev–Trinajstić information content (AvgIpc) is 2.26. The lowest BCUT2D eigenvalue weighted by Crippen LogP contribution is -2.48. The first-order valence-corrected chi connectivity index (χ1v) is 5.32. The summed E-state index contributed by atoms with van der Waals surface area (Å²) in [7, 11) is 0. The van der Waals surface area contributed by atoms with E-state index in [9.17, 15) is 9.59 Å². The zero-order valence-electron chi connectivity index (χ0n) is 10.2. The summed E-state index contributed by atoms with van der Waals surface area (Å²) in [6.07, 6.45) is 0. The maximum absolute atomic E-state index is 11.5. The van der Waals surface area contributed by atoms with Crippen molar-refractivity contribution >= 4 is 17.6 Å². The quantitative estimate of drug-likeness (QED) is 0.650. The van der Waals surface area contributed by atoms with Gasteiger partial charge in [0.15, 0.2) is 0 Å². The van der Waals surface area contributed by atoms with Crippen LogP contribution in [0.25, 0.3) is 0 Å². The molecule has 3 N–H and O–H groups in total. The Morgan fingerprint density at radius 3 is 2.12 bits per heavy atom. The van der Waals surface area contributed by atoms with Crippen molar-refractivity contribution in [2.24, 2.45) is 5.41 Å². The molecule has 0 saturated carbocycles. The maximum atomic E-state index is 11.5. The van der Waals surface area contributed by atoms with Crippen LogP contribution >= 0.6 is 0 Å². The number of anilines is 1. The maximum Gasteiger partial charge on any atom is 0.337 e. The smallest absolute Gasteiger partial charge is 0.307 e. The number of hydrogen-bond donors (Lipinski definition) is 3. The molecule has 0 radical (unpaired) electrons. The lowest BCUT2D eigenvalue weighted by atomic mass is 9.96. The summed E-state index contributed by atoms with van der Waals surface area (Å²) >= 11 is 0. The Morgan fingerprint density at radius 1 is 1.00 bits per heavy atom. The zero-order chi connectivity index (χ0) is 12.9. The van der Waals surface area contributed by atoms with E-state index >= 15 is 0 Å². The van der Waals surface area contributed by atoms with E-state index in [4.69, 9.17) is 0 Å². The van der Waals surface area contributed by atoms with Crippen LogP contribution in [0, 0.1) is 5.41 Å². The Labute approximate surface area is 101 Å². The number of amides is 3. The molecular weight excluding hydrogens is 218 g/mol. The molecule has 0 saturated heterocycles. The third-order valence-electron chi connectivity index (χ3n) is 2.00. The monoisotopic (exact) mass is 235 g/mol. The van der Waals surface area contributed by atoms with E-state index in [0.717, 1.165) is 0 Å². The third-order valence-corrected chi connectivity index (χ3v) is 2.00. The van der Waals surface area contributed by atoms with E-state index < -0.39 is 11.4 Å². The Morgan fingerprint density at radius 2 is 1.59 bits per heavy atom. The molecule has 0 aliphatic heterocycles. The van der Waals surface area contributed by atoms with Crippen molar-refractivity contribution in [3.63, 3.8) is 0 Å².